The van der Waals surface area contributed by atoms with E-state index in [1.807, 2.05) is 0 Å². The van der Waals surface area contributed by atoms with E-state index in [4.69, 9.17) is 4.74 Å². The van der Waals surface area contributed by atoms with Crippen LogP contribution < -0.4 is 4.74 Å². The number of rotatable bonds is 3. The molecule has 20 heavy (non-hydrogen) atoms. The number of unbranched alkanes of at least 4 members (excludes halogenated alkanes) is 1. The molecule has 1 heterocycles. The fourth-order valence-electron chi connectivity index (χ4n) is 1.35. The van der Waals surface area contributed by atoms with Gasteiger partial charge in [0.05, 0.1) is 0 Å². The van der Waals surface area contributed by atoms with Crippen molar-refractivity contribution in [2.75, 3.05) is 0 Å². The fourth-order valence-corrected chi connectivity index (χ4v) is 1.35. The van der Waals surface area contributed by atoms with Crippen LogP contribution in [0.3, 0.4) is 0 Å². The van der Waals surface area contributed by atoms with E-state index in [-0.39, 0.29) is 5.56 Å². The zero-order valence-corrected chi connectivity index (χ0v) is 13.1. The number of hydrogen-bond donors (Lipinski definition) is 0. The van der Waals surface area contributed by atoms with Crippen molar-refractivity contribution < 1.29 is 17.9 Å². The molecule has 0 bridgehead atoms. The van der Waals surface area contributed by atoms with Gasteiger partial charge < -0.3 is 4.74 Å². The third-order valence-electron chi connectivity index (χ3n) is 2.34. The number of ether oxygens (including phenoxy) is 1. The normalized spacial score (nSPS) is 10.9. The van der Waals surface area contributed by atoms with Crippen LogP contribution in [-0.2, 0) is 0 Å². The molecule has 0 N–H and O–H groups in total. The predicted octanol–water partition coefficient (Wildman–Crippen LogP) is 4.36. The molecule has 2 nitrogen and oxygen atoms in total. The molecule has 110 valence electrons. The Morgan fingerprint density at radius 3 is 2.05 bits per heavy atom. The van der Waals surface area contributed by atoms with Crippen LogP contribution >= 0.6 is 0 Å². The van der Waals surface area contributed by atoms with E-state index in [0.717, 1.165) is 0 Å². The van der Waals surface area contributed by atoms with E-state index >= 15 is 0 Å². The van der Waals surface area contributed by atoms with Crippen LogP contribution in [0.4, 0.5) is 13.2 Å². The Kier molecular flexibility index (Phi) is 8.30. The van der Waals surface area contributed by atoms with Gasteiger partial charge in [0.1, 0.15) is 5.60 Å². The van der Waals surface area contributed by atoms with Gasteiger partial charge in [-0.25, -0.2) is 0 Å². The van der Waals surface area contributed by atoms with E-state index in [1.54, 1.807) is 20.8 Å². The molecular weight excluding hydrogens is 262 g/mol. The van der Waals surface area contributed by atoms with Crippen molar-refractivity contribution in [1.29, 1.82) is 0 Å². The maximum absolute atomic E-state index is 13.2. The summed E-state index contributed by atoms with van der Waals surface area (Å²) in [6.07, 6.45) is 2.73. The average Bonchev–Trinajstić information content (AvgIpc) is 2.33. The zero-order valence-electron chi connectivity index (χ0n) is 13.1. The van der Waals surface area contributed by atoms with Crippen molar-refractivity contribution in [1.82, 2.24) is 4.98 Å². The third kappa shape index (κ3) is 6.67. The second-order valence-electron chi connectivity index (χ2n) is 5.53. The molecule has 1 rings (SSSR count). The molecule has 0 aromatic carbocycles. The summed E-state index contributed by atoms with van der Waals surface area (Å²) in [7, 11) is 0. The van der Waals surface area contributed by atoms with Gasteiger partial charge >= 0.3 is 42.6 Å². The Morgan fingerprint density at radius 2 is 1.70 bits per heavy atom. The fraction of sp³-hybridized carbons (Fsp3) is 0.643. The van der Waals surface area contributed by atoms with Gasteiger partial charge in [-0.05, 0) is 27.7 Å². The summed E-state index contributed by atoms with van der Waals surface area (Å²) in [6.45, 7) is 8.46. The summed E-state index contributed by atoms with van der Waals surface area (Å²) in [4.78, 5) is 2.78. The molecule has 0 spiro atoms. The molecular formula is C14H21F3LiNO. The minimum absolute atomic E-state index is 0.135. The molecule has 0 aliphatic heterocycles. The predicted molar refractivity (Wildman–Crippen MR) is 74.7 cm³/mol. The topological polar surface area (TPSA) is 22.1 Å². The number of pyridine rings is 1. The molecule has 0 unspecified atom stereocenters. The van der Waals surface area contributed by atoms with Crippen LogP contribution in [0.15, 0.2) is 0 Å². The molecule has 0 saturated carbocycles. The number of halogens is 3. The Bertz CT molecular complexity index is 405. The first-order valence-electron chi connectivity index (χ1n) is 6.84. The van der Waals surface area contributed by atoms with Crippen molar-refractivity contribution in [2.45, 2.75) is 58.2 Å². The van der Waals surface area contributed by atoms with Gasteiger partial charge in [-0.2, -0.15) is 18.2 Å². The summed E-state index contributed by atoms with van der Waals surface area (Å²) < 4.78 is 44.2. The molecule has 0 amide bonds. The van der Waals surface area contributed by atoms with Gasteiger partial charge in [-0.3, -0.25) is 0 Å². The van der Waals surface area contributed by atoms with E-state index in [1.165, 1.54) is 24.9 Å². The molecule has 0 fully saturated rings. The summed E-state index contributed by atoms with van der Waals surface area (Å²) in [5.74, 6) is -4.23. The van der Waals surface area contributed by atoms with Gasteiger partial charge in [0, 0.05) is 5.56 Å². The Hall–Kier alpha value is -0.663. The van der Waals surface area contributed by atoms with Crippen LogP contribution in [0, 0.1) is 24.6 Å². The Morgan fingerprint density at radius 1 is 1.15 bits per heavy atom. The summed E-state index contributed by atoms with van der Waals surface area (Å²) in [5, 5.41) is 1.34. The minimum atomic E-state index is -1.49. The summed E-state index contributed by atoms with van der Waals surface area (Å²) in [5.41, 5.74) is -0.866. The first-order valence-corrected chi connectivity index (χ1v) is 6.84. The third-order valence-corrected chi connectivity index (χ3v) is 2.34. The molecule has 0 radical (unpaired) electrons. The van der Waals surface area contributed by atoms with Crippen molar-refractivity contribution >= 4 is 17.7 Å². The van der Waals surface area contributed by atoms with Crippen molar-refractivity contribution in [3.63, 3.8) is 0 Å². The molecule has 0 atom stereocenters. The molecule has 6 heteroatoms. The van der Waals surface area contributed by atoms with Crippen LogP contribution in [0.1, 0.15) is 46.1 Å². The second kappa shape index (κ2) is 8.59. The van der Waals surface area contributed by atoms with Crippen LogP contribution in [-0.4, -0.2) is 28.3 Å². The van der Waals surface area contributed by atoms with E-state index in [9.17, 15) is 13.2 Å². The van der Waals surface area contributed by atoms with Gasteiger partial charge in [0.15, 0.2) is 5.75 Å². The van der Waals surface area contributed by atoms with Gasteiger partial charge in [0.25, 0.3) is 5.95 Å². The average molecular weight is 283 g/mol. The van der Waals surface area contributed by atoms with E-state index in [0.29, 0.717) is 0 Å². The van der Waals surface area contributed by atoms with Crippen molar-refractivity contribution in [2.24, 2.45) is 0 Å². The molecule has 1 aromatic heterocycles. The number of hydrogen-bond acceptors (Lipinski definition) is 2. The van der Waals surface area contributed by atoms with Crippen molar-refractivity contribution in [3.05, 3.63) is 23.3 Å². The second-order valence-corrected chi connectivity index (χ2v) is 5.53. The van der Waals surface area contributed by atoms with Crippen molar-refractivity contribution in [3.8, 4) is 5.75 Å². The Labute approximate surface area is 128 Å². The first-order chi connectivity index (χ1) is 9.14. The van der Waals surface area contributed by atoms with Crippen LogP contribution in [0.2, 0.25) is 5.09 Å². The van der Waals surface area contributed by atoms with Gasteiger partial charge in [-0.1, -0.05) is 0 Å². The zero-order chi connectivity index (χ0) is 15.9. The van der Waals surface area contributed by atoms with Gasteiger partial charge in [-0.15, -0.1) is 0 Å². The first kappa shape index (κ1) is 19.3. The SMILES string of the molecule is Cc1c(F)nc(F)c(F)c1OC(C)(C)C.[Li][CH2]CCC. The monoisotopic (exact) mass is 283 g/mol. The maximum atomic E-state index is 13.2. The molecule has 1 aromatic rings. The van der Waals surface area contributed by atoms with E-state index in [2.05, 4.69) is 29.6 Å². The number of aromatic nitrogens is 1. The van der Waals surface area contributed by atoms with E-state index < -0.39 is 29.1 Å². The standard InChI is InChI=1S/C10H12F3NO.C4H9.Li/c1-5-7(15-10(2,3)4)6(11)9(13)14-8(5)12;1-3-4-2;/h1-4H3;1,3-4H2,2H3;. The summed E-state index contributed by atoms with van der Waals surface area (Å²) >= 11 is 2.21. The molecule has 0 aliphatic rings. The summed E-state index contributed by atoms with van der Waals surface area (Å²) in [6, 6.07) is 0. The van der Waals surface area contributed by atoms with Gasteiger partial charge in [0.2, 0.25) is 11.8 Å². The quantitative estimate of drug-likeness (QED) is 0.607. The Balaban J connectivity index is 0.000000621. The number of nitrogens with zero attached hydrogens (tertiary/aromatic N) is 1. The molecule has 0 saturated heterocycles. The van der Waals surface area contributed by atoms with Crippen LogP contribution in [0.25, 0.3) is 0 Å². The molecule has 0 aliphatic carbocycles. The van der Waals surface area contributed by atoms with Crippen LogP contribution in [0.5, 0.6) is 5.75 Å².